The summed E-state index contributed by atoms with van der Waals surface area (Å²) in [4.78, 5) is 12.3. The lowest BCUT2D eigenvalue weighted by molar-refractivity contribution is -0.122. The van der Waals surface area contributed by atoms with Crippen LogP contribution in [0.2, 0.25) is 0 Å². The second-order valence-corrected chi connectivity index (χ2v) is 7.86. The Bertz CT molecular complexity index is 800. The van der Waals surface area contributed by atoms with Gasteiger partial charge in [0.15, 0.2) is 5.11 Å². The number of carbonyl (C=O) groups excluding carboxylic acids is 1. The van der Waals surface area contributed by atoms with Crippen LogP contribution in [0, 0.1) is 18.8 Å². The van der Waals surface area contributed by atoms with E-state index in [-0.39, 0.29) is 12.5 Å². The van der Waals surface area contributed by atoms with Crippen LogP contribution in [0.15, 0.2) is 30.3 Å². The maximum Gasteiger partial charge on any atom is 0.258 e. The molecule has 140 valence electrons. The number of hydrogen-bond acceptors (Lipinski definition) is 2. The lowest BCUT2D eigenvalue weighted by atomic mass is 9.78. The quantitative estimate of drug-likeness (QED) is 0.572. The van der Waals surface area contributed by atoms with Crippen LogP contribution < -0.4 is 16.2 Å². The Labute approximate surface area is 160 Å². The van der Waals surface area contributed by atoms with E-state index in [1.807, 2.05) is 29.7 Å². The molecular formula is C20H28N4OS. The first-order valence-corrected chi connectivity index (χ1v) is 9.76. The van der Waals surface area contributed by atoms with Gasteiger partial charge in [0.05, 0.1) is 0 Å². The van der Waals surface area contributed by atoms with E-state index in [1.165, 1.54) is 12.8 Å². The fraction of sp³-hybridized carbons (Fsp3) is 0.500. The molecule has 3 atom stereocenters. The SMILES string of the molecule is Cc1cc2ccccc2n1CC(=O)NNC(=S)N[C@@H]1CCC[C@@H](C)[C@@H]1C. The zero-order chi connectivity index (χ0) is 18.7. The number of nitrogens with zero attached hydrogens (tertiary/aromatic N) is 1. The summed E-state index contributed by atoms with van der Waals surface area (Å²) in [5, 5.41) is 4.98. The molecule has 0 aliphatic heterocycles. The number of fused-ring (bicyclic) bond motifs is 1. The zero-order valence-electron chi connectivity index (χ0n) is 15.7. The number of nitrogens with one attached hydrogen (secondary N) is 3. The molecule has 2 aromatic rings. The van der Waals surface area contributed by atoms with Crippen molar-refractivity contribution >= 4 is 34.1 Å². The highest BCUT2D eigenvalue weighted by atomic mass is 32.1. The van der Waals surface area contributed by atoms with Crippen LogP contribution in [-0.2, 0) is 11.3 Å². The van der Waals surface area contributed by atoms with Gasteiger partial charge in [0.1, 0.15) is 6.54 Å². The summed E-state index contributed by atoms with van der Waals surface area (Å²) in [5.74, 6) is 1.15. The Hall–Kier alpha value is -2.08. The Morgan fingerprint density at radius 2 is 2.00 bits per heavy atom. The number of rotatable bonds is 3. The molecule has 0 bridgehead atoms. The monoisotopic (exact) mass is 372 g/mol. The van der Waals surface area contributed by atoms with Crippen molar-refractivity contribution in [3.05, 3.63) is 36.0 Å². The standard InChI is InChI=1S/C20H28N4OS/c1-13-7-6-9-17(15(13)3)21-20(26)23-22-19(25)12-24-14(2)11-16-8-4-5-10-18(16)24/h4-5,8,10-11,13,15,17H,6-7,9,12H2,1-3H3,(H,22,25)(H2,21,23,26)/t13-,15+,17-/m1/s1. The van der Waals surface area contributed by atoms with Crippen LogP contribution in [0.1, 0.15) is 38.8 Å². The molecule has 1 aromatic heterocycles. The molecule has 0 radical (unpaired) electrons. The van der Waals surface area contributed by atoms with E-state index >= 15 is 0 Å². The maximum atomic E-state index is 12.3. The molecule has 1 fully saturated rings. The predicted molar refractivity (Wildman–Crippen MR) is 110 cm³/mol. The Balaban J connectivity index is 1.52. The molecule has 1 aromatic carbocycles. The van der Waals surface area contributed by atoms with Crippen LogP contribution in [0.3, 0.4) is 0 Å². The van der Waals surface area contributed by atoms with Gasteiger partial charge in [-0.1, -0.05) is 44.9 Å². The molecule has 1 amide bonds. The van der Waals surface area contributed by atoms with Crippen molar-refractivity contribution in [1.82, 2.24) is 20.7 Å². The van der Waals surface area contributed by atoms with E-state index in [2.05, 4.69) is 42.1 Å². The highest BCUT2D eigenvalue weighted by Gasteiger charge is 2.27. The van der Waals surface area contributed by atoms with Gasteiger partial charge in [-0.25, -0.2) is 0 Å². The summed E-state index contributed by atoms with van der Waals surface area (Å²) in [6, 6.07) is 10.5. The molecule has 6 heteroatoms. The van der Waals surface area contributed by atoms with Crippen LogP contribution in [0.4, 0.5) is 0 Å². The minimum atomic E-state index is -0.122. The van der Waals surface area contributed by atoms with E-state index in [0.29, 0.717) is 23.0 Å². The summed E-state index contributed by atoms with van der Waals surface area (Å²) in [6.07, 6.45) is 3.62. The number of aryl methyl sites for hydroxylation is 1. The van der Waals surface area contributed by atoms with Crippen molar-refractivity contribution in [2.75, 3.05) is 0 Å². The van der Waals surface area contributed by atoms with Crippen LogP contribution >= 0.6 is 12.2 Å². The van der Waals surface area contributed by atoms with Gasteiger partial charge in [0.25, 0.3) is 5.91 Å². The lowest BCUT2D eigenvalue weighted by Gasteiger charge is -2.35. The molecule has 1 heterocycles. The van der Waals surface area contributed by atoms with Crippen LogP contribution in [0.25, 0.3) is 10.9 Å². The second-order valence-electron chi connectivity index (χ2n) is 7.45. The minimum Gasteiger partial charge on any atom is -0.358 e. The van der Waals surface area contributed by atoms with Gasteiger partial charge in [-0.15, -0.1) is 0 Å². The molecule has 0 saturated heterocycles. The average Bonchev–Trinajstić information content (AvgIpc) is 2.93. The molecule has 0 unspecified atom stereocenters. The normalized spacial score (nSPS) is 22.8. The number of hydrazine groups is 1. The predicted octanol–water partition coefficient (Wildman–Crippen LogP) is 3.27. The van der Waals surface area contributed by atoms with E-state index in [1.54, 1.807) is 0 Å². The van der Waals surface area contributed by atoms with Gasteiger partial charge in [-0.3, -0.25) is 15.6 Å². The molecule has 1 saturated carbocycles. The van der Waals surface area contributed by atoms with E-state index < -0.39 is 0 Å². The molecule has 0 spiro atoms. The number of carbonyl (C=O) groups is 1. The number of thiocarbonyl (C=S) groups is 1. The number of para-hydroxylation sites is 1. The van der Waals surface area contributed by atoms with Crippen molar-refractivity contribution in [1.29, 1.82) is 0 Å². The molecule has 1 aliphatic carbocycles. The first-order chi connectivity index (χ1) is 12.5. The topological polar surface area (TPSA) is 58.1 Å². The van der Waals surface area contributed by atoms with Gasteiger partial charge in [-0.05, 0) is 54.9 Å². The number of amides is 1. The first kappa shape index (κ1) is 18.7. The molecule has 3 N–H and O–H groups in total. The number of aromatic nitrogens is 1. The number of benzene rings is 1. The first-order valence-electron chi connectivity index (χ1n) is 9.36. The molecular weight excluding hydrogens is 344 g/mol. The summed E-state index contributed by atoms with van der Waals surface area (Å²) >= 11 is 5.35. The Kier molecular flexibility index (Phi) is 5.81. The third-order valence-corrected chi connectivity index (χ3v) is 5.88. The van der Waals surface area contributed by atoms with Crippen LogP contribution in [0.5, 0.6) is 0 Å². The molecule has 1 aliphatic rings. The number of hydrogen-bond donors (Lipinski definition) is 3. The third-order valence-electron chi connectivity index (χ3n) is 5.66. The largest absolute Gasteiger partial charge is 0.358 e. The van der Waals surface area contributed by atoms with Gasteiger partial charge >= 0.3 is 0 Å². The van der Waals surface area contributed by atoms with Crippen molar-refractivity contribution in [3.8, 4) is 0 Å². The summed E-state index contributed by atoms with van der Waals surface area (Å²) < 4.78 is 2.01. The van der Waals surface area contributed by atoms with Crippen molar-refractivity contribution < 1.29 is 4.79 Å². The summed E-state index contributed by atoms with van der Waals surface area (Å²) in [6.45, 7) is 6.83. The van der Waals surface area contributed by atoms with Gasteiger partial charge < -0.3 is 9.88 Å². The second kappa shape index (κ2) is 8.08. The Morgan fingerprint density at radius 1 is 1.23 bits per heavy atom. The fourth-order valence-corrected chi connectivity index (χ4v) is 4.06. The summed E-state index contributed by atoms with van der Waals surface area (Å²) in [5.41, 5.74) is 7.69. The van der Waals surface area contributed by atoms with Gasteiger partial charge in [-0.2, -0.15) is 0 Å². The van der Waals surface area contributed by atoms with E-state index in [0.717, 1.165) is 23.0 Å². The van der Waals surface area contributed by atoms with Crippen molar-refractivity contribution in [3.63, 3.8) is 0 Å². The molecule has 26 heavy (non-hydrogen) atoms. The minimum absolute atomic E-state index is 0.122. The third kappa shape index (κ3) is 4.18. The van der Waals surface area contributed by atoms with Crippen molar-refractivity contribution in [2.45, 2.75) is 52.6 Å². The van der Waals surface area contributed by atoms with Gasteiger partial charge in [0, 0.05) is 17.3 Å². The van der Waals surface area contributed by atoms with E-state index in [4.69, 9.17) is 12.2 Å². The highest BCUT2D eigenvalue weighted by Crippen LogP contribution is 2.29. The van der Waals surface area contributed by atoms with Crippen molar-refractivity contribution in [2.24, 2.45) is 11.8 Å². The highest BCUT2D eigenvalue weighted by molar-refractivity contribution is 7.80. The van der Waals surface area contributed by atoms with Gasteiger partial charge in [0.2, 0.25) is 0 Å². The summed E-state index contributed by atoms with van der Waals surface area (Å²) in [7, 11) is 0. The maximum absolute atomic E-state index is 12.3. The Morgan fingerprint density at radius 3 is 2.81 bits per heavy atom. The van der Waals surface area contributed by atoms with Crippen LogP contribution in [-0.4, -0.2) is 21.6 Å². The average molecular weight is 373 g/mol. The fourth-order valence-electron chi connectivity index (χ4n) is 3.86. The zero-order valence-corrected chi connectivity index (χ0v) is 16.5. The molecule has 3 rings (SSSR count). The lowest BCUT2D eigenvalue weighted by Crippen LogP contribution is -2.53. The molecule has 5 nitrogen and oxygen atoms in total. The van der Waals surface area contributed by atoms with E-state index in [9.17, 15) is 4.79 Å². The smallest absolute Gasteiger partial charge is 0.258 e.